The number of aliphatic hydroxyl groups excluding tert-OH is 1. The Morgan fingerprint density at radius 3 is 2.75 bits per heavy atom. The Morgan fingerprint density at radius 2 is 2.15 bits per heavy atom. The van der Waals surface area contributed by atoms with Crippen LogP contribution < -0.4 is 0 Å². The van der Waals surface area contributed by atoms with Crippen LogP contribution in [0.5, 0.6) is 0 Å². The van der Waals surface area contributed by atoms with Gasteiger partial charge in [-0.05, 0) is 47.0 Å². The van der Waals surface area contributed by atoms with Crippen molar-refractivity contribution in [2.45, 2.75) is 39.3 Å². The molecule has 1 N–H and O–H groups in total. The van der Waals surface area contributed by atoms with Gasteiger partial charge in [0.1, 0.15) is 0 Å². The molecule has 5 heteroatoms. The van der Waals surface area contributed by atoms with Crippen molar-refractivity contribution in [1.29, 1.82) is 0 Å². The van der Waals surface area contributed by atoms with Crippen molar-refractivity contribution in [1.82, 2.24) is 9.78 Å². The lowest BCUT2D eigenvalue weighted by molar-refractivity contribution is 0.175. The molecule has 1 aromatic heterocycles. The molecule has 20 heavy (non-hydrogen) atoms. The predicted octanol–water partition coefficient (Wildman–Crippen LogP) is 4.16. The largest absolute Gasteiger partial charge is 0.388 e. The fourth-order valence-electron chi connectivity index (χ4n) is 2.23. The minimum Gasteiger partial charge on any atom is -0.388 e. The molecule has 0 saturated heterocycles. The maximum Gasteiger partial charge on any atom is 0.0846 e. The summed E-state index contributed by atoms with van der Waals surface area (Å²) < 4.78 is 2.94. The molecule has 0 fully saturated rings. The molecule has 3 nitrogen and oxygen atoms in total. The lowest BCUT2D eigenvalue weighted by Crippen LogP contribution is -2.09. The fourth-order valence-corrected chi connectivity index (χ4v) is 3.15. The van der Waals surface area contributed by atoms with Gasteiger partial charge in [-0.2, -0.15) is 5.10 Å². The zero-order valence-electron chi connectivity index (χ0n) is 11.6. The van der Waals surface area contributed by atoms with E-state index in [0.29, 0.717) is 11.4 Å². The lowest BCUT2D eigenvalue weighted by atomic mass is 10.0. The standard InChI is InChI=1S/C15H18BrClN2O/c1-3-12-15(16)13(19(4-2)18-12)9-14(20)10-6-5-7-11(17)8-10/h5-8,14,20H,3-4,9H2,1-2H3. The van der Waals surface area contributed by atoms with E-state index in [-0.39, 0.29) is 0 Å². The molecule has 0 radical (unpaired) electrons. The Hall–Kier alpha value is -0.840. The summed E-state index contributed by atoms with van der Waals surface area (Å²) >= 11 is 9.57. The van der Waals surface area contributed by atoms with Crippen LogP contribution in [0, 0.1) is 0 Å². The van der Waals surface area contributed by atoms with Gasteiger partial charge in [-0.15, -0.1) is 0 Å². The Balaban J connectivity index is 2.27. The molecule has 2 aromatic rings. The van der Waals surface area contributed by atoms with Crippen LogP contribution >= 0.6 is 27.5 Å². The van der Waals surface area contributed by atoms with Crippen molar-refractivity contribution in [2.24, 2.45) is 0 Å². The van der Waals surface area contributed by atoms with Crippen LogP contribution in [0.3, 0.4) is 0 Å². The fraction of sp³-hybridized carbons (Fsp3) is 0.400. The number of benzene rings is 1. The van der Waals surface area contributed by atoms with Gasteiger partial charge in [0.2, 0.25) is 0 Å². The predicted molar refractivity (Wildman–Crippen MR) is 85.1 cm³/mol. The molecule has 1 unspecified atom stereocenters. The second kappa shape index (κ2) is 6.74. The number of hydrogen-bond acceptors (Lipinski definition) is 2. The number of halogens is 2. The Kier molecular flexibility index (Phi) is 5.24. The van der Waals surface area contributed by atoms with Crippen molar-refractivity contribution in [3.8, 4) is 0 Å². The molecule has 0 amide bonds. The summed E-state index contributed by atoms with van der Waals surface area (Å²) in [5.41, 5.74) is 2.88. The molecule has 0 aliphatic carbocycles. The van der Waals surface area contributed by atoms with Crippen LogP contribution in [0.15, 0.2) is 28.7 Å². The van der Waals surface area contributed by atoms with E-state index < -0.39 is 6.10 Å². The van der Waals surface area contributed by atoms with Crippen LogP contribution in [-0.2, 0) is 19.4 Å². The molecule has 2 rings (SSSR count). The van der Waals surface area contributed by atoms with Gasteiger partial charge < -0.3 is 5.11 Å². The molecule has 0 spiro atoms. The number of nitrogens with zero attached hydrogens (tertiary/aromatic N) is 2. The minimum absolute atomic E-state index is 0.516. The highest BCUT2D eigenvalue weighted by Crippen LogP contribution is 2.28. The van der Waals surface area contributed by atoms with E-state index in [1.54, 1.807) is 12.1 Å². The molecule has 1 heterocycles. The van der Waals surface area contributed by atoms with Crippen LogP contribution in [0.2, 0.25) is 5.02 Å². The average molecular weight is 358 g/mol. The highest BCUT2D eigenvalue weighted by atomic mass is 79.9. The minimum atomic E-state index is -0.586. The molecule has 108 valence electrons. The van der Waals surface area contributed by atoms with Gasteiger partial charge >= 0.3 is 0 Å². The van der Waals surface area contributed by atoms with Crippen LogP contribution in [0.4, 0.5) is 0 Å². The first-order valence-electron chi connectivity index (χ1n) is 6.74. The smallest absolute Gasteiger partial charge is 0.0846 e. The maximum absolute atomic E-state index is 10.4. The van der Waals surface area contributed by atoms with E-state index >= 15 is 0 Å². The van der Waals surface area contributed by atoms with Gasteiger partial charge in [0.05, 0.1) is 22.0 Å². The Bertz CT molecular complexity index is 598. The molecule has 0 aliphatic rings. The second-order valence-electron chi connectivity index (χ2n) is 4.65. The molecule has 1 aromatic carbocycles. The molecular formula is C15H18BrClN2O. The van der Waals surface area contributed by atoms with Gasteiger partial charge in [0.15, 0.2) is 0 Å². The normalized spacial score (nSPS) is 12.7. The van der Waals surface area contributed by atoms with Gasteiger partial charge in [0, 0.05) is 18.0 Å². The zero-order valence-corrected chi connectivity index (χ0v) is 13.9. The summed E-state index contributed by atoms with van der Waals surface area (Å²) in [6.07, 6.45) is 0.798. The summed E-state index contributed by atoms with van der Waals surface area (Å²) in [6.45, 7) is 4.91. The number of aromatic nitrogens is 2. The van der Waals surface area contributed by atoms with Crippen molar-refractivity contribution < 1.29 is 5.11 Å². The summed E-state index contributed by atoms with van der Waals surface area (Å²) in [7, 11) is 0. The highest BCUT2D eigenvalue weighted by Gasteiger charge is 2.18. The zero-order chi connectivity index (χ0) is 14.7. The summed E-state index contributed by atoms with van der Waals surface area (Å²) in [4.78, 5) is 0. The van der Waals surface area contributed by atoms with E-state index in [1.807, 2.05) is 23.7 Å². The molecule has 1 atom stereocenters. The van der Waals surface area contributed by atoms with Crippen LogP contribution in [0.1, 0.15) is 36.9 Å². The third-order valence-electron chi connectivity index (χ3n) is 3.31. The molecule has 0 bridgehead atoms. The molecular weight excluding hydrogens is 340 g/mol. The first kappa shape index (κ1) is 15.5. The number of aryl methyl sites for hydroxylation is 2. The topological polar surface area (TPSA) is 38.0 Å². The third kappa shape index (κ3) is 3.25. The van der Waals surface area contributed by atoms with Crippen LogP contribution in [0.25, 0.3) is 0 Å². The lowest BCUT2D eigenvalue weighted by Gasteiger charge is -2.13. The van der Waals surface area contributed by atoms with E-state index in [1.165, 1.54) is 0 Å². The SMILES string of the molecule is CCc1nn(CC)c(CC(O)c2cccc(Cl)c2)c1Br. The van der Waals surface area contributed by atoms with Crippen molar-refractivity contribution in [3.05, 3.63) is 50.7 Å². The number of aliphatic hydroxyl groups is 1. The molecule has 0 saturated carbocycles. The third-order valence-corrected chi connectivity index (χ3v) is 4.46. The van der Waals surface area contributed by atoms with Crippen LogP contribution in [-0.4, -0.2) is 14.9 Å². The van der Waals surface area contributed by atoms with Crippen molar-refractivity contribution >= 4 is 27.5 Å². The number of hydrogen-bond donors (Lipinski definition) is 1. The van der Waals surface area contributed by atoms with Gasteiger partial charge in [-0.25, -0.2) is 0 Å². The van der Waals surface area contributed by atoms with Gasteiger partial charge in [0.25, 0.3) is 0 Å². The monoisotopic (exact) mass is 356 g/mol. The van der Waals surface area contributed by atoms with Gasteiger partial charge in [-0.1, -0.05) is 30.7 Å². The molecule has 0 aliphatic heterocycles. The Labute approximate surface area is 132 Å². The van der Waals surface area contributed by atoms with E-state index in [2.05, 4.69) is 28.0 Å². The summed E-state index contributed by atoms with van der Waals surface area (Å²) in [6, 6.07) is 7.34. The summed E-state index contributed by atoms with van der Waals surface area (Å²) in [5, 5.41) is 15.6. The van der Waals surface area contributed by atoms with Crippen molar-refractivity contribution in [2.75, 3.05) is 0 Å². The maximum atomic E-state index is 10.4. The summed E-state index contributed by atoms with van der Waals surface area (Å²) in [5.74, 6) is 0. The van der Waals surface area contributed by atoms with Crippen molar-refractivity contribution in [3.63, 3.8) is 0 Å². The highest BCUT2D eigenvalue weighted by molar-refractivity contribution is 9.10. The number of rotatable bonds is 5. The van der Waals surface area contributed by atoms with Gasteiger partial charge in [-0.3, -0.25) is 4.68 Å². The first-order chi connectivity index (χ1) is 9.56. The van der Waals surface area contributed by atoms with E-state index in [4.69, 9.17) is 11.6 Å². The Morgan fingerprint density at radius 1 is 1.40 bits per heavy atom. The first-order valence-corrected chi connectivity index (χ1v) is 7.91. The second-order valence-corrected chi connectivity index (χ2v) is 5.88. The quantitative estimate of drug-likeness (QED) is 0.872. The average Bonchev–Trinajstić information content (AvgIpc) is 2.75. The van der Waals surface area contributed by atoms with E-state index in [9.17, 15) is 5.11 Å². The van der Waals surface area contributed by atoms with E-state index in [0.717, 1.165) is 34.4 Å².